The van der Waals surface area contributed by atoms with E-state index in [9.17, 15) is 13.2 Å². The van der Waals surface area contributed by atoms with Crippen molar-refractivity contribution in [1.82, 2.24) is 15.1 Å². The van der Waals surface area contributed by atoms with Crippen LogP contribution in [0.15, 0.2) is 59.5 Å². The first-order valence-corrected chi connectivity index (χ1v) is 11.7. The zero-order valence-corrected chi connectivity index (χ0v) is 17.5. The highest BCUT2D eigenvalue weighted by Crippen LogP contribution is 2.35. The lowest BCUT2D eigenvalue weighted by Gasteiger charge is -2.24. The SMILES string of the molecule is O=C(c1cc(-c2ccc3c(c2)OCO3)n[nH]1)N1CCCC1CS(=O)(=O)c1ccccc1. The molecule has 1 atom stereocenters. The number of sulfone groups is 1. The number of hydrogen-bond acceptors (Lipinski definition) is 6. The molecule has 9 heteroatoms. The Hall–Kier alpha value is -3.33. The lowest BCUT2D eigenvalue weighted by atomic mass is 10.1. The first-order valence-electron chi connectivity index (χ1n) is 10.1. The molecule has 0 radical (unpaired) electrons. The number of likely N-dealkylation sites (tertiary alicyclic amines) is 1. The fourth-order valence-corrected chi connectivity index (χ4v) is 5.66. The third-order valence-corrected chi connectivity index (χ3v) is 7.44. The van der Waals surface area contributed by atoms with Gasteiger partial charge in [0, 0.05) is 18.2 Å². The number of carbonyl (C=O) groups excluding carboxylic acids is 1. The number of aromatic nitrogens is 2. The third kappa shape index (κ3) is 3.76. The predicted molar refractivity (Wildman–Crippen MR) is 113 cm³/mol. The van der Waals surface area contributed by atoms with Gasteiger partial charge in [-0.2, -0.15) is 5.10 Å². The average molecular weight is 439 g/mol. The van der Waals surface area contributed by atoms with Crippen LogP contribution >= 0.6 is 0 Å². The van der Waals surface area contributed by atoms with Crippen LogP contribution in [0.1, 0.15) is 23.3 Å². The molecule has 2 aromatic carbocycles. The Balaban J connectivity index is 1.34. The Morgan fingerprint density at radius 1 is 1.10 bits per heavy atom. The van der Waals surface area contributed by atoms with E-state index in [1.165, 1.54) is 0 Å². The number of H-pyrrole nitrogens is 1. The van der Waals surface area contributed by atoms with Crippen LogP contribution in [0, 0.1) is 0 Å². The van der Waals surface area contributed by atoms with Crippen LogP contribution in [0.3, 0.4) is 0 Å². The van der Waals surface area contributed by atoms with Crippen LogP contribution in [-0.2, 0) is 9.84 Å². The summed E-state index contributed by atoms with van der Waals surface area (Å²) in [6, 6.07) is 15.1. The molecule has 0 bridgehead atoms. The molecule has 3 aromatic rings. The molecule has 1 aromatic heterocycles. The second kappa shape index (κ2) is 7.73. The highest BCUT2D eigenvalue weighted by Gasteiger charge is 2.34. The normalized spacial score (nSPS) is 17.8. The van der Waals surface area contributed by atoms with E-state index < -0.39 is 9.84 Å². The minimum Gasteiger partial charge on any atom is -0.454 e. The van der Waals surface area contributed by atoms with E-state index in [2.05, 4.69) is 10.2 Å². The van der Waals surface area contributed by atoms with Gasteiger partial charge in [0.2, 0.25) is 6.79 Å². The van der Waals surface area contributed by atoms with Crippen LogP contribution < -0.4 is 9.47 Å². The minimum atomic E-state index is -3.48. The maximum Gasteiger partial charge on any atom is 0.272 e. The Labute approximate surface area is 179 Å². The van der Waals surface area contributed by atoms with Crippen molar-refractivity contribution in [2.75, 3.05) is 19.1 Å². The number of carbonyl (C=O) groups is 1. The molecular weight excluding hydrogens is 418 g/mol. The number of benzene rings is 2. The van der Waals surface area contributed by atoms with E-state index in [0.717, 1.165) is 12.0 Å². The molecule has 1 saturated heterocycles. The molecule has 160 valence electrons. The molecule has 0 saturated carbocycles. The van der Waals surface area contributed by atoms with Gasteiger partial charge in [0.15, 0.2) is 21.3 Å². The van der Waals surface area contributed by atoms with Crippen molar-refractivity contribution in [3.05, 3.63) is 60.3 Å². The topological polar surface area (TPSA) is 102 Å². The van der Waals surface area contributed by atoms with Gasteiger partial charge in [0.05, 0.1) is 16.3 Å². The molecule has 8 nitrogen and oxygen atoms in total. The molecule has 31 heavy (non-hydrogen) atoms. The van der Waals surface area contributed by atoms with Crippen LogP contribution in [-0.4, -0.2) is 54.6 Å². The Morgan fingerprint density at radius 3 is 2.74 bits per heavy atom. The van der Waals surface area contributed by atoms with E-state index >= 15 is 0 Å². The van der Waals surface area contributed by atoms with Gasteiger partial charge in [0.1, 0.15) is 5.69 Å². The molecule has 0 aliphatic carbocycles. The number of hydrogen-bond donors (Lipinski definition) is 1. The van der Waals surface area contributed by atoms with Crippen molar-refractivity contribution in [3.63, 3.8) is 0 Å². The third-order valence-electron chi connectivity index (χ3n) is 5.63. The lowest BCUT2D eigenvalue weighted by molar-refractivity contribution is 0.0743. The molecule has 1 unspecified atom stereocenters. The van der Waals surface area contributed by atoms with Crippen LogP contribution in [0.5, 0.6) is 11.5 Å². The van der Waals surface area contributed by atoms with Crippen molar-refractivity contribution in [2.24, 2.45) is 0 Å². The monoisotopic (exact) mass is 439 g/mol. The van der Waals surface area contributed by atoms with Crippen LogP contribution in [0.2, 0.25) is 0 Å². The van der Waals surface area contributed by atoms with Crippen molar-refractivity contribution < 1.29 is 22.7 Å². The average Bonchev–Trinajstić information content (AvgIpc) is 3.53. The van der Waals surface area contributed by atoms with Crippen LogP contribution in [0.25, 0.3) is 11.3 Å². The summed E-state index contributed by atoms with van der Waals surface area (Å²) >= 11 is 0. The highest BCUT2D eigenvalue weighted by molar-refractivity contribution is 7.91. The van der Waals surface area contributed by atoms with Gasteiger partial charge in [0.25, 0.3) is 5.91 Å². The Morgan fingerprint density at radius 2 is 1.90 bits per heavy atom. The second-order valence-electron chi connectivity index (χ2n) is 7.62. The van der Waals surface area contributed by atoms with Gasteiger partial charge >= 0.3 is 0 Å². The summed E-state index contributed by atoms with van der Waals surface area (Å²) in [5.41, 5.74) is 1.73. The lowest BCUT2D eigenvalue weighted by Crippen LogP contribution is -2.39. The number of nitrogens with one attached hydrogen (secondary N) is 1. The fraction of sp³-hybridized carbons (Fsp3) is 0.273. The first kappa shape index (κ1) is 19.6. The number of fused-ring (bicyclic) bond motifs is 1. The summed E-state index contributed by atoms with van der Waals surface area (Å²) in [6.45, 7) is 0.706. The number of rotatable bonds is 5. The van der Waals surface area contributed by atoms with Crippen molar-refractivity contribution >= 4 is 15.7 Å². The molecular formula is C22H21N3O5S. The molecule has 0 spiro atoms. The Bertz CT molecular complexity index is 1220. The highest BCUT2D eigenvalue weighted by atomic mass is 32.2. The summed E-state index contributed by atoms with van der Waals surface area (Å²) in [4.78, 5) is 15.0. The molecule has 1 N–H and O–H groups in total. The van der Waals surface area contributed by atoms with Crippen molar-refractivity contribution in [2.45, 2.75) is 23.8 Å². The van der Waals surface area contributed by atoms with Crippen molar-refractivity contribution in [3.8, 4) is 22.8 Å². The zero-order valence-electron chi connectivity index (χ0n) is 16.7. The number of ether oxygens (including phenoxy) is 2. The first-order chi connectivity index (χ1) is 15.0. The molecule has 2 aliphatic rings. The molecule has 2 aliphatic heterocycles. The molecule has 1 amide bonds. The maximum absolute atomic E-state index is 13.1. The zero-order chi connectivity index (χ0) is 21.4. The summed E-state index contributed by atoms with van der Waals surface area (Å²) < 4.78 is 36.3. The molecule has 1 fully saturated rings. The summed E-state index contributed by atoms with van der Waals surface area (Å²) in [5.74, 6) is 0.978. The van der Waals surface area contributed by atoms with Gasteiger partial charge in [-0.25, -0.2) is 8.42 Å². The molecule has 3 heterocycles. The van der Waals surface area contributed by atoms with E-state index in [0.29, 0.717) is 35.9 Å². The standard InChI is InChI=1S/C22H21N3O5S/c26-22(19-12-18(23-24-19)15-8-9-20-21(11-15)30-14-29-20)25-10-4-5-16(25)13-31(27,28)17-6-2-1-3-7-17/h1-3,6-9,11-12,16H,4-5,10,13-14H2,(H,23,24). The van der Waals surface area contributed by atoms with E-state index in [4.69, 9.17) is 9.47 Å². The van der Waals surface area contributed by atoms with Crippen LogP contribution in [0.4, 0.5) is 0 Å². The van der Waals surface area contributed by atoms with E-state index in [1.807, 2.05) is 12.1 Å². The molecule has 5 rings (SSSR count). The number of nitrogens with zero attached hydrogens (tertiary/aromatic N) is 2. The summed E-state index contributed by atoms with van der Waals surface area (Å²) in [5, 5.41) is 7.07. The smallest absolute Gasteiger partial charge is 0.272 e. The van der Waals surface area contributed by atoms with E-state index in [-0.39, 0.29) is 29.4 Å². The summed E-state index contributed by atoms with van der Waals surface area (Å²) in [6.07, 6.45) is 1.42. The largest absolute Gasteiger partial charge is 0.454 e. The second-order valence-corrected chi connectivity index (χ2v) is 9.66. The minimum absolute atomic E-state index is 0.0914. The van der Waals surface area contributed by atoms with Crippen molar-refractivity contribution in [1.29, 1.82) is 0 Å². The van der Waals surface area contributed by atoms with Gasteiger partial charge in [-0.1, -0.05) is 18.2 Å². The maximum atomic E-state index is 13.1. The quantitative estimate of drug-likeness (QED) is 0.656. The number of amides is 1. The van der Waals surface area contributed by atoms with Gasteiger partial charge < -0.3 is 14.4 Å². The Kier molecular flexibility index (Phi) is 4.90. The van der Waals surface area contributed by atoms with Gasteiger partial charge in [-0.05, 0) is 49.2 Å². The van der Waals surface area contributed by atoms with Gasteiger partial charge in [-0.3, -0.25) is 9.89 Å². The van der Waals surface area contributed by atoms with E-state index in [1.54, 1.807) is 47.4 Å². The summed E-state index contributed by atoms with van der Waals surface area (Å²) in [7, 11) is -3.48. The fourth-order valence-electron chi connectivity index (χ4n) is 4.04. The van der Waals surface area contributed by atoms with Gasteiger partial charge in [-0.15, -0.1) is 0 Å². The number of aromatic amines is 1. The predicted octanol–water partition coefficient (Wildman–Crippen LogP) is 2.88.